The van der Waals surface area contributed by atoms with Crippen LogP contribution >= 0.6 is 0 Å². The number of nitrogens with zero attached hydrogens (tertiary/aromatic N) is 1. The average molecular weight is 258 g/mol. The minimum Gasteiger partial charge on any atom is -0.355 e. The van der Waals surface area contributed by atoms with Gasteiger partial charge < -0.3 is 14.8 Å². The number of hydrogen-bond donors (Lipinski definition) is 1. The number of carbonyl (C=O) groups excluding carboxylic acids is 1. The second kappa shape index (κ2) is 7.71. The second-order valence-corrected chi connectivity index (χ2v) is 5.03. The van der Waals surface area contributed by atoms with Crippen molar-refractivity contribution in [2.45, 2.75) is 39.0 Å². The Kier molecular flexibility index (Phi) is 6.60. The molecule has 0 saturated carbocycles. The van der Waals surface area contributed by atoms with Gasteiger partial charge in [-0.2, -0.15) is 0 Å². The molecular formula is C13H26N2O3. The van der Waals surface area contributed by atoms with E-state index in [-0.39, 0.29) is 18.2 Å². The van der Waals surface area contributed by atoms with Crippen LogP contribution in [0.25, 0.3) is 0 Å². The van der Waals surface area contributed by atoms with Gasteiger partial charge in [0, 0.05) is 33.7 Å². The van der Waals surface area contributed by atoms with Gasteiger partial charge in [-0.3, -0.25) is 9.69 Å². The summed E-state index contributed by atoms with van der Waals surface area (Å²) in [6, 6.07) is 0.269. The number of amides is 1. The summed E-state index contributed by atoms with van der Waals surface area (Å²) in [4.78, 5) is 13.4. The van der Waals surface area contributed by atoms with Gasteiger partial charge in [-0.1, -0.05) is 0 Å². The molecule has 0 unspecified atom stereocenters. The Balaban J connectivity index is 2.29. The molecule has 5 nitrogen and oxygen atoms in total. The first-order chi connectivity index (χ1) is 8.56. The molecule has 106 valence electrons. The quantitative estimate of drug-likeness (QED) is 0.717. The van der Waals surface area contributed by atoms with Gasteiger partial charge in [-0.15, -0.1) is 0 Å². The van der Waals surface area contributed by atoms with E-state index in [4.69, 9.17) is 9.47 Å². The molecule has 1 aliphatic rings. The molecule has 0 radical (unpaired) electrons. The van der Waals surface area contributed by atoms with Gasteiger partial charge in [-0.25, -0.2) is 0 Å². The molecule has 0 aromatic rings. The zero-order valence-electron chi connectivity index (χ0n) is 11.9. The van der Waals surface area contributed by atoms with Crippen molar-refractivity contribution in [1.82, 2.24) is 10.2 Å². The Morgan fingerprint density at radius 3 is 2.33 bits per heavy atom. The minimum absolute atomic E-state index is 0.0590. The largest absolute Gasteiger partial charge is 0.355 e. The monoisotopic (exact) mass is 258 g/mol. The van der Waals surface area contributed by atoms with E-state index in [1.54, 1.807) is 21.1 Å². The van der Waals surface area contributed by atoms with E-state index in [1.807, 2.05) is 0 Å². The number of piperidine rings is 1. The minimum atomic E-state index is -0.144. The molecule has 1 atom stereocenters. The second-order valence-electron chi connectivity index (χ2n) is 5.03. The van der Waals surface area contributed by atoms with Gasteiger partial charge in [0.1, 0.15) is 0 Å². The normalized spacial score (nSPS) is 20.1. The SMILES string of the molecule is COC(CN1CCC([C@H](C)NC(C)=O)CC1)OC. The van der Waals surface area contributed by atoms with Crippen molar-refractivity contribution in [2.24, 2.45) is 5.92 Å². The highest BCUT2D eigenvalue weighted by atomic mass is 16.7. The first-order valence-electron chi connectivity index (χ1n) is 6.61. The number of methoxy groups -OCH3 is 2. The molecule has 1 rings (SSSR count). The third kappa shape index (κ3) is 4.92. The number of rotatable bonds is 6. The van der Waals surface area contributed by atoms with E-state index in [2.05, 4.69) is 17.1 Å². The zero-order chi connectivity index (χ0) is 13.5. The molecule has 5 heteroatoms. The van der Waals surface area contributed by atoms with Crippen LogP contribution in [0.1, 0.15) is 26.7 Å². The van der Waals surface area contributed by atoms with Gasteiger partial charge in [0.2, 0.25) is 5.91 Å². The Hall–Kier alpha value is -0.650. The Morgan fingerprint density at radius 2 is 1.89 bits per heavy atom. The first-order valence-corrected chi connectivity index (χ1v) is 6.61. The van der Waals surface area contributed by atoms with Crippen molar-refractivity contribution in [3.63, 3.8) is 0 Å². The molecule has 0 aromatic heterocycles. The summed E-state index contributed by atoms with van der Waals surface area (Å²) in [5, 5.41) is 2.98. The first kappa shape index (κ1) is 15.4. The van der Waals surface area contributed by atoms with Crippen molar-refractivity contribution < 1.29 is 14.3 Å². The lowest BCUT2D eigenvalue weighted by atomic mass is 9.90. The highest BCUT2D eigenvalue weighted by Gasteiger charge is 2.25. The fraction of sp³-hybridized carbons (Fsp3) is 0.923. The third-order valence-electron chi connectivity index (χ3n) is 3.70. The van der Waals surface area contributed by atoms with Crippen LogP contribution in [0.4, 0.5) is 0 Å². The Labute approximate surface area is 110 Å². The lowest BCUT2D eigenvalue weighted by Gasteiger charge is -2.36. The highest BCUT2D eigenvalue weighted by Crippen LogP contribution is 2.20. The van der Waals surface area contributed by atoms with E-state index in [9.17, 15) is 4.79 Å². The van der Waals surface area contributed by atoms with Crippen molar-refractivity contribution in [3.8, 4) is 0 Å². The fourth-order valence-electron chi connectivity index (χ4n) is 2.53. The van der Waals surface area contributed by atoms with Gasteiger partial charge in [0.15, 0.2) is 6.29 Å². The molecule has 1 N–H and O–H groups in total. The van der Waals surface area contributed by atoms with Crippen LogP contribution in [-0.2, 0) is 14.3 Å². The van der Waals surface area contributed by atoms with Crippen LogP contribution in [0.3, 0.4) is 0 Å². The maximum Gasteiger partial charge on any atom is 0.217 e. The fourth-order valence-corrected chi connectivity index (χ4v) is 2.53. The third-order valence-corrected chi connectivity index (χ3v) is 3.70. The predicted molar refractivity (Wildman–Crippen MR) is 70.2 cm³/mol. The molecule has 1 aliphatic heterocycles. The summed E-state index contributed by atoms with van der Waals surface area (Å²) >= 11 is 0. The van der Waals surface area contributed by atoms with Gasteiger partial charge in [0.25, 0.3) is 0 Å². The summed E-state index contributed by atoms with van der Waals surface area (Å²) in [6.07, 6.45) is 2.08. The van der Waals surface area contributed by atoms with Crippen LogP contribution in [0, 0.1) is 5.92 Å². The Morgan fingerprint density at radius 1 is 1.33 bits per heavy atom. The molecule has 0 spiro atoms. The molecular weight excluding hydrogens is 232 g/mol. The van der Waals surface area contributed by atoms with E-state index >= 15 is 0 Å². The average Bonchev–Trinajstić information content (AvgIpc) is 2.35. The van der Waals surface area contributed by atoms with Crippen molar-refractivity contribution in [2.75, 3.05) is 33.9 Å². The van der Waals surface area contributed by atoms with E-state index in [0.29, 0.717) is 5.92 Å². The van der Waals surface area contributed by atoms with E-state index in [1.165, 1.54) is 0 Å². The summed E-state index contributed by atoms with van der Waals surface area (Å²) in [5.74, 6) is 0.637. The summed E-state index contributed by atoms with van der Waals surface area (Å²) in [6.45, 7) is 6.56. The van der Waals surface area contributed by atoms with Crippen molar-refractivity contribution in [1.29, 1.82) is 0 Å². The number of carbonyl (C=O) groups is 1. The maximum atomic E-state index is 11.0. The van der Waals surface area contributed by atoms with Crippen LogP contribution < -0.4 is 5.32 Å². The van der Waals surface area contributed by atoms with Crippen LogP contribution in [0.2, 0.25) is 0 Å². The predicted octanol–water partition coefficient (Wildman–Crippen LogP) is 0.842. The standard InChI is InChI=1S/C13H26N2O3/c1-10(14-11(2)16)12-5-7-15(8-6-12)9-13(17-3)18-4/h10,12-13H,5-9H2,1-4H3,(H,14,16)/t10-/m0/s1. The molecule has 0 aliphatic carbocycles. The lowest BCUT2D eigenvalue weighted by molar-refractivity contribution is -0.121. The summed E-state index contributed by atoms with van der Waals surface area (Å²) in [5.41, 5.74) is 0. The Bertz CT molecular complexity index is 249. The number of nitrogens with one attached hydrogen (secondary N) is 1. The molecule has 0 bridgehead atoms. The van der Waals surface area contributed by atoms with Gasteiger partial charge in [0.05, 0.1) is 0 Å². The molecule has 1 amide bonds. The topological polar surface area (TPSA) is 50.8 Å². The van der Waals surface area contributed by atoms with Crippen LogP contribution in [-0.4, -0.2) is 57.0 Å². The van der Waals surface area contributed by atoms with Gasteiger partial charge in [-0.05, 0) is 38.8 Å². The zero-order valence-corrected chi connectivity index (χ0v) is 11.9. The van der Waals surface area contributed by atoms with E-state index in [0.717, 1.165) is 32.5 Å². The number of likely N-dealkylation sites (tertiary alicyclic amines) is 1. The van der Waals surface area contributed by atoms with Crippen LogP contribution in [0.5, 0.6) is 0 Å². The summed E-state index contributed by atoms with van der Waals surface area (Å²) in [7, 11) is 3.33. The lowest BCUT2D eigenvalue weighted by Crippen LogP contribution is -2.45. The highest BCUT2D eigenvalue weighted by molar-refractivity contribution is 5.73. The molecule has 1 saturated heterocycles. The smallest absolute Gasteiger partial charge is 0.217 e. The van der Waals surface area contributed by atoms with E-state index < -0.39 is 0 Å². The van der Waals surface area contributed by atoms with Crippen molar-refractivity contribution >= 4 is 5.91 Å². The molecule has 18 heavy (non-hydrogen) atoms. The van der Waals surface area contributed by atoms with Gasteiger partial charge >= 0.3 is 0 Å². The number of hydrogen-bond acceptors (Lipinski definition) is 4. The number of ether oxygens (including phenoxy) is 2. The van der Waals surface area contributed by atoms with Crippen molar-refractivity contribution in [3.05, 3.63) is 0 Å². The summed E-state index contributed by atoms with van der Waals surface area (Å²) < 4.78 is 10.4. The molecule has 1 heterocycles. The maximum absolute atomic E-state index is 11.0. The molecule has 1 fully saturated rings. The van der Waals surface area contributed by atoms with Crippen LogP contribution in [0.15, 0.2) is 0 Å². The molecule has 0 aromatic carbocycles.